The van der Waals surface area contributed by atoms with Crippen LogP contribution in [-0.4, -0.2) is 9.78 Å². The lowest BCUT2D eigenvalue weighted by atomic mass is 10.4. The number of halogens is 1. The van der Waals surface area contributed by atoms with Gasteiger partial charge in [0.15, 0.2) is 0 Å². The molecular weight excluding hydrogens is 198 g/mol. The molecule has 2 rings (SSSR count). The first-order valence-electron chi connectivity index (χ1n) is 4.37. The van der Waals surface area contributed by atoms with E-state index < -0.39 is 0 Å². The van der Waals surface area contributed by atoms with Crippen molar-refractivity contribution in [1.29, 1.82) is 0 Å². The minimum absolute atomic E-state index is 0.448. The van der Waals surface area contributed by atoms with Gasteiger partial charge in [-0.3, -0.25) is 0 Å². The highest BCUT2D eigenvalue weighted by atomic mass is 35.5. The van der Waals surface area contributed by atoms with E-state index in [1.165, 1.54) is 0 Å². The molecule has 0 atom stereocenters. The molecule has 0 unspecified atom stereocenters. The normalized spacial score (nSPS) is 10.4. The summed E-state index contributed by atoms with van der Waals surface area (Å²) in [5, 5.41) is 4.32. The molecule has 0 spiro atoms. The second-order valence-corrected chi connectivity index (χ2v) is 3.32. The van der Waals surface area contributed by atoms with Crippen molar-refractivity contribution >= 4 is 11.6 Å². The maximum absolute atomic E-state index is 5.68. The number of aryl methyl sites for hydroxylation is 1. The smallest absolute Gasteiger partial charge is 0.235 e. The number of rotatable bonds is 2. The Morgan fingerprint density at radius 1 is 1.43 bits per heavy atom. The molecule has 2 aromatic heterocycles. The Morgan fingerprint density at radius 2 is 2.29 bits per heavy atom. The first kappa shape index (κ1) is 9.21. The summed E-state index contributed by atoms with van der Waals surface area (Å²) in [5.74, 6) is 1.47. The van der Waals surface area contributed by atoms with E-state index in [9.17, 15) is 0 Å². The van der Waals surface area contributed by atoms with Gasteiger partial charge < -0.3 is 0 Å². The van der Waals surface area contributed by atoms with Crippen molar-refractivity contribution in [2.45, 2.75) is 5.88 Å². The Morgan fingerprint density at radius 3 is 2.93 bits per heavy atom. The zero-order valence-electron chi connectivity index (χ0n) is 7.89. The third kappa shape index (κ3) is 1.63. The molecule has 0 saturated heterocycles. The molecule has 0 aliphatic rings. The highest BCUT2D eigenvalue weighted by Crippen LogP contribution is 2.04. The van der Waals surface area contributed by atoms with Crippen molar-refractivity contribution < 1.29 is 4.57 Å². The second-order valence-electron chi connectivity index (χ2n) is 3.06. The van der Waals surface area contributed by atoms with Gasteiger partial charge >= 0.3 is 5.82 Å². The van der Waals surface area contributed by atoms with Crippen LogP contribution in [0.25, 0.3) is 5.82 Å². The minimum Gasteiger partial charge on any atom is -0.235 e. The van der Waals surface area contributed by atoms with Gasteiger partial charge in [0.1, 0.15) is 11.9 Å². The summed E-state index contributed by atoms with van der Waals surface area (Å²) in [6.07, 6.45) is 3.89. The van der Waals surface area contributed by atoms with E-state index in [1.54, 1.807) is 0 Å². The van der Waals surface area contributed by atoms with E-state index in [-0.39, 0.29) is 0 Å². The number of alkyl halides is 1. The Labute approximate surface area is 87.6 Å². The first-order valence-corrected chi connectivity index (χ1v) is 4.90. The molecule has 0 radical (unpaired) electrons. The fourth-order valence-electron chi connectivity index (χ4n) is 1.31. The molecule has 14 heavy (non-hydrogen) atoms. The predicted molar refractivity (Wildman–Crippen MR) is 54.3 cm³/mol. The van der Waals surface area contributed by atoms with Crippen LogP contribution < -0.4 is 4.57 Å². The van der Waals surface area contributed by atoms with Gasteiger partial charge in [0.25, 0.3) is 0 Å². The number of hydrogen-bond donors (Lipinski definition) is 0. The van der Waals surface area contributed by atoms with E-state index >= 15 is 0 Å². The zero-order valence-corrected chi connectivity index (χ0v) is 8.65. The largest absolute Gasteiger partial charge is 0.306 e. The Balaban J connectivity index is 2.44. The lowest BCUT2D eigenvalue weighted by molar-refractivity contribution is -0.666. The minimum atomic E-state index is 0.448. The van der Waals surface area contributed by atoms with E-state index in [2.05, 4.69) is 5.10 Å². The molecule has 0 aromatic carbocycles. The zero-order chi connectivity index (χ0) is 9.97. The maximum Gasteiger partial charge on any atom is 0.306 e. The van der Waals surface area contributed by atoms with Crippen LogP contribution in [0.3, 0.4) is 0 Å². The summed E-state index contributed by atoms with van der Waals surface area (Å²) in [6.45, 7) is 0. The monoisotopic (exact) mass is 208 g/mol. The number of pyridine rings is 1. The standard InChI is InChI=1S/C10H11ClN3/c1-13-6-3-2-4-10(13)14-7-5-9(8-11)12-14/h2-7H,8H2,1H3/q+1. The summed E-state index contributed by atoms with van der Waals surface area (Å²) in [5.41, 5.74) is 0.885. The molecule has 0 bridgehead atoms. The van der Waals surface area contributed by atoms with Crippen LogP contribution in [0.15, 0.2) is 36.7 Å². The highest BCUT2D eigenvalue weighted by Gasteiger charge is 2.10. The van der Waals surface area contributed by atoms with E-state index in [0.717, 1.165) is 11.5 Å². The highest BCUT2D eigenvalue weighted by molar-refractivity contribution is 6.16. The van der Waals surface area contributed by atoms with Crippen molar-refractivity contribution in [3.05, 3.63) is 42.4 Å². The summed E-state index contributed by atoms with van der Waals surface area (Å²) < 4.78 is 3.82. The number of aromatic nitrogens is 3. The van der Waals surface area contributed by atoms with Gasteiger partial charge in [0.05, 0.1) is 19.1 Å². The van der Waals surface area contributed by atoms with Gasteiger partial charge in [-0.15, -0.1) is 16.3 Å². The third-order valence-corrected chi connectivity index (χ3v) is 2.32. The Hall–Kier alpha value is -1.35. The number of nitrogens with zero attached hydrogens (tertiary/aromatic N) is 3. The lowest BCUT2D eigenvalue weighted by Crippen LogP contribution is -2.33. The molecule has 0 amide bonds. The van der Waals surface area contributed by atoms with Gasteiger partial charge in [-0.1, -0.05) is 11.2 Å². The van der Waals surface area contributed by atoms with E-state index in [4.69, 9.17) is 11.6 Å². The van der Waals surface area contributed by atoms with Crippen molar-refractivity contribution in [2.24, 2.45) is 7.05 Å². The molecule has 0 saturated carbocycles. The molecule has 0 aliphatic heterocycles. The summed E-state index contributed by atoms with van der Waals surface area (Å²) in [6, 6.07) is 7.89. The molecule has 0 N–H and O–H groups in total. The molecule has 3 nitrogen and oxygen atoms in total. The SMILES string of the molecule is C[n+]1ccccc1-n1ccc(CCl)n1. The fourth-order valence-corrected chi connectivity index (χ4v) is 1.46. The average Bonchev–Trinajstić information content (AvgIpc) is 2.67. The van der Waals surface area contributed by atoms with Crippen molar-refractivity contribution in [1.82, 2.24) is 9.78 Å². The maximum atomic E-state index is 5.68. The van der Waals surface area contributed by atoms with Gasteiger partial charge in [0.2, 0.25) is 0 Å². The molecule has 2 heterocycles. The summed E-state index contributed by atoms with van der Waals surface area (Å²) in [7, 11) is 1.98. The quantitative estimate of drug-likeness (QED) is 0.541. The Bertz CT molecular complexity index is 436. The van der Waals surface area contributed by atoms with Crippen LogP contribution in [0, 0.1) is 0 Å². The van der Waals surface area contributed by atoms with Crippen LogP contribution in [0.5, 0.6) is 0 Å². The third-order valence-electron chi connectivity index (χ3n) is 2.04. The average molecular weight is 209 g/mol. The molecule has 2 aromatic rings. The lowest BCUT2D eigenvalue weighted by Gasteiger charge is -1.96. The fraction of sp³-hybridized carbons (Fsp3) is 0.200. The summed E-state index contributed by atoms with van der Waals surface area (Å²) in [4.78, 5) is 0. The van der Waals surface area contributed by atoms with Gasteiger partial charge in [-0.2, -0.15) is 0 Å². The van der Waals surface area contributed by atoms with Crippen LogP contribution in [0.1, 0.15) is 5.69 Å². The second kappa shape index (κ2) is 3.80. The Kier molecular flexibility index (Phi) is 2.50. The van der Waals surface area contributed by atoms with E-state index in [1.807, 2.05) is 53.0 Å². The van der Waals surface area contributed by atoms with Crippen molar-refractivity contribution in [3.8, 4) is 5.82 Å². The summed E-state index contributed by atoms with van der Waals surface area (Å²) >= 11 is 5.68. The van der Waals surface area contributed by atoms with Crippen molar-refractivity contribution in [3.63, 3.8) is 0 Å². The van der Waals surface area contributed by atoms with Crippen LogP contribution >= 0.6 is 11.6 Å². The number of hydrogen-bond acceptors (Lipinski definition) is 1. The molecule has 0 aliphatic carbocycles. The molecular formula is C10H11ClN3+. The van der Waals surface area contributed by atoms with Gasteiger partial charge in [-0.05, 0) is 6.07 Å². The van der Waals surface area contributed by atoms with Gasteiger partial charge in [-0.25, -0.2) is 4.57 Å². The van der Waals surface area contributed by atoms with Crippen LogP contribution in [0.2, 0.25) is 0 Å². The first-order chi connectivity index (χ1) is 6.81. The molecule has 0 fully saturated rings. The van der Waals surface area contributed by atoms with Crippen LogP contribution in [0.4, 0.5) is 0 Å². The van der Waals surface area contributed by atoms with Crippen LogP contribution in [-0.2, 0) is 12.9 Å². The van der Waals surface area contributed by atoms with E-state index in [0.29, 0.717) is 5.88 Å². The topological polar surface area (TPSA) is 21.7 Å². The predicted octanol–water partition coefficient (Wildman–Crippen LogP) is 1.44. The molecule has 72 valence electrons. The van der Waals surface area contributed by atoms with Gasteiger partial charge in [0, 0.05) is 12.1 Å². The molecule has 4 heteroatoms. The van der Waals surface area contributed by atoms with Crippen molar-refractivity contribution in [2.75, 3.05) is 0 Å².